The third-order valence-electron chi connectivity index (χ3n) is 5.69. The Morgan fingerprint density at radius 2 is 1.33 bits per heavy atom. The van der Waals surface area contributed by atoms with Gasteiger partial charge in [-0.3, -0.25) is 0 Å². The molecule has 1 N–H and O–H groups in total. The van der Waals surface area contributed by atoms with E-state index in [9.17, 15) is 5.11 Å². The number of hydrogen-bond acceptors (Lipinski definition) is 2. The van der Waals surface area contributed by atoms with Gasteiger partial charge in [-0.05, 0) is 0 Å². The van der Waals surface area contributed by atoms with Crippen molar-refractivity contribution in [2.24, 2.45) is 11.8 Å². The molecule has 0 aliphatic rings. The van der Waals surface area contributed by atoms with Gasteiger partial charge in [0.15, 0.2) is 0 Å². The summed E-state index contributed by atoms with van der Waals surface area (Å²) in [7, 11) is -1.63. The van der Waals surface area contributed by atoms with Crippen molar-refractivity contribution in [3.63, 3.8) is 0 Å². The predicted molar refractivity (Wildman–Crippen MR) is 128 cm³/mol. The van der Waals surface area contributed by atoms with Crippen LogP contribution in [0.25, 0.3) is 0 Å². The van der Waals surface area contributed by atoms with Crippen molar-refractivity contribution in [2.75, 3.05) is 6.61 Å². The van der Waals surface area contributed by atoms with Gasteiger partial charge in [0.1, 0.15) is 0 Å². The molecule has 0 radical (unpaired) electrons. The molecule has 27 heavy (non-hydrogen) atoms. The molecule has 0 aromatic heterocycles. The normalized spacial score (nSPS) is 16.6. The zero-order valence-electron chi connectivity index (χ0n) is 19.8. The van der Waals surface area contributed by atoms with E-state index >= 15 is 0 Å². The topological polar surface area (TPSA) is 29.5 Å². The first-order valence-electron chi connectivity index (χ1n) is 11.6. The fourth-order valence-electron chi connectivity index (χ4n) is 3.93. The SMILES string of the molecule is CCC[CH2][Sn](/[CH]=C/[C@H](C)[C@H](O[Si](C)(C)C)[C@@H](C)CO)([CH2]CCC)[CH2]CCC. The van der Waals surface area contributed by atoms with Crippen LogP contribution < -0.4 is 0 Å². The number of rotatable bonds is 16. The average molecular weight is 505 g/mol. The van der Waals surface area contributed by atoms with E-state index in [1.54, 1.807) is 0 Å². The van der Waals surface area contributed by atoms with Crippen LogP contribution in [0.1, 0.15) is 73.1 Å². The van der Waals surface area contributed by atoms with E-state index in [4.69, 9.17) is 4.43 Å². The Morgan fingerprint density at radius 3 is 1.67 bits per heavy atom. The molecule has 0 spiro atoms. The van der Waals surface area contributed by atoms with Gasteiger partial charge in [-0.2, -0.15) is 0 Å². The monoisotopic (exact) mass is 506 g/mol. The third-order valence-corrected chi connectivity index (χ3v) is 20.8. The molecular weight excluding hydrogens is 455 g/mol. The summed E-state index contributed by atoms with van der Waals surface area (Å²) in [6, 6.07) is 0. The van der Waals surface area contributed by atoms with Crippen molar-refractivity contribution >= 4 is 26.7 Å². The van der Waals surface area contributed by atoms with Crippen LogP contribution in [-0.2, 0) is 4.43 Å². The van der Waals surface area contributed by atoms with E-state index in [1.165, 1.54) is 51.8 Å². The maximum atomic E-state index is 9.75. The van der Waals surface area contributed by atoms with Crippen molar-refractivity contribution in [3.8, 4) is 0 Å². The summed E-state index contributed by atoms with van der Waals surface area (Å²) in [4.78, 5) is 0. The molecule has 0 unspecified atom stereocenters. The van der Waals surface area contributed by atoms with Gasteiger partial charge in [0, 0.05) is 0 Å². The Balaban J connectivity index is 5.48. The number of aliphatic hydroxyl groups is 1. The van der Waals surface area contributed by atoms with Crippen LogP contribution in [0.4, 0.5) is 0 Å². The van der Waals surface area contributed by atoms with Gasteiger partial charge >= 0.3 is 177 Å². The van der Waals surface area contributed by atoms with Gasteiger partial charge in [-0.1, -0.05) is 0 Å². The Labute approximate surface area is 176 Å². The van der Waals surface area contributed by atoms with Crippen LogP contribution in [0.15, 0.2) is 10.2 Å². The summed E-state index contributed by atoms with van der Waals surface area (Å²) in [5, 5.41) is 9.75. The summed E-state index contributed by atoms with van der Waals surface area (Å²) in [6.45, 7) is 18.4. The predicted octanol–water partition coefficient (Wildman–Crippen LogP) is 7.42. The number of aliphatic hydroxyl groups excluding tert-OH is 1. The van der Waals surface area contributed by atoms with Gasteiger partial charge in [-0.15, -0.1) is 0 Å². The second kappa shape index (κ2) is 14.6. The quantitative estimate of drug-likeness (QED) is 0.221. The van der Waals surface area contributed by atoms with E-state index in [0.29, 0.717) is 5.92 Å². The number of hydrogen-bond donors (Lipinski definition) is 1. The molecule has 0 saturated heterocycles. The van der Waals surface area contributed by atoms with Crippen LogP contribution in [0.5, 0.6) is 0 Å². The van der Waals surface area contributed by atoms with E-state index < -0.39 is 26.7 Å². The molecule has 162 valence electrons. The summed E-state index contributed by atoms with van der Waals surface area (Å²) >= 11 is -2.23. The minimum atomic E-state index is -2.23. The molecule has 3 atom stereocenters. The molecule has 0 aromatic carbocycles. The van der Waals surface area contributed by atoms with Crippen molar-refractivity contribution in [1.82, 2.24) is 0 Å². The molecule has 0 amide bonds. The Hall–Kier alpha value is 0.676. The van der Waals surface area contributed by atoms with Crippen molar-refractivity contribution in [1.29, 1.82) is 0 Å². The fourth-order valence-corrected chi connectivity index (χ4v) is 19.8. The van der Waals surface area contributed by atoms with E-state index in [2.05, 4.69) is 64.4 Å². The summed E-state index contributed by atoms with van der Waals surface area (Å²) in [5.41, 5.74) is 0. The molecule has 0 saturated carbocycles. The minimum absolute atomic E-state index is 0.144. The molecule has 0 rings (SSSR count). The van der Waals surface area contributed by atoms with Crippen molar-refractivity contribution in [2.45, 2.75) is 112 Å². The molecule has 4 heteroatoms. The molecule has 0 aromatic rings. The molecular formula is C23H50O2SiSn. The zero-order chi connectivity index (χ0) is 20.9. The van der Waals surface area contributed by atoms with Crippen LogP contribution in [0.3, 0.4) is 0 Å². The van der Waals surface area contributed by atoms with Gasteiger partial charge in [0.05, 0.1) is 0 Å². The summed E-state index contributed by atoms with van der Waals surface area (Å²) in [6.07, 6.45) is 10.9. The van der Waals surface area contributed by atoms with Crippen LogP contribution in [0, 0.1) is 11.8 Å². The average Bonchev–Trinajstić information content (AvgIpc) is 2.63. The molecule has 0 fully saturated rings. The van der Waals surface area contributed by atoms with Crippen LogP contribution in [-0.4, -0.2) is 44.5 Å². The second-order valence-electron chi connectivity index (χ2n) is 9.75. The maximum absolute atomic E-state index is 9.75. The molecule has 0 aliphatic heterocycles. The van der Waals surface area contributed by atoms with E-state index in [1.807, 2.05) is 0 Å². The van der Waals surface area contributed by atoms with Crippen LogP contribution >= 0.6 is 0 Å². The second-order valence-corrected chi connectivity index (χ2v) is 27.2. The standard InChI is InChI=1S/C11H23O2Si.3C4H9.Sn/c1-7-9(2)11(10(3)8-12)13-14(4,5)6;3*1-3-4-2;/h1,7,9-12H,8H2,2-6H3;3*1,3-4H2,2H3;/t9-,10-,11-;;;;/m0..../s1. The zero-order valence-corrected chi connectivity index (χ0v) is 23.7. The van der Waals surface area contributed by atoms with Crippen LogP contribution in [0.2, 0.25) is 33.0 Å². The first-order valence-corrected chi connectivity index (χ1v) is 22.7. The number of unbranched alkanes of at least 4 members (excludes halogenated alkanes) is 3. The molecule has 0 bridgehead atoms. The summed E-state index contributed by atoms with van der Waals surface area (Å²) in [5.74, 6) is 0.586. The van der Waals surface area contributed by atoms with E-state index in [0.717, 1.165) is 0 Å². The fraction of sp³-hybridized carbons (Fsp3) is 0.913. The van der Waals surface area contributed by atoms with Gasteiger partial charge in [-0.25, -0.2) is 0 Å². The first-order chi connectivity index (χ1) is 12.6. The van der Waals surface area contributed by atoms with Crippen molar-refractivity contribution < 1.29 is 9.53 Å². The molecule has 2 nitrogen and oxygen atoms in total. The van der Waals surface area contributed by atoms with E-state index in [-0.39, 0.29) is 18.6 Å². The Bertz CT molecular complexity index is 371. The molecule has 0 heterocycles. The van der Waals surface area contributed by atoms with Crippen molar-refractivity contribution in [3.05, 3.63) is 10.2 Å². The van der Waals surface area contributed by atoms with Gasteiger partial charge in [0.2, 0.25) is 0 Å². The Kier molecular flexibility index (Phi) is 15.0. The van der Waals surface area contributed by atoms with Gasteiger partial charge in [0.25, 0.3) is 0 Å². The van der Waals surface area contributed by atoms with Gasteiger partial charge < -0.3 is 0 Å². The molecule has 0 aliphatic carbocycles. The Morgan fingerprint density at radius 1 is 0.889 bits per heavy atom. The summed E-state index contributed by atoms with van der Waals surface area (Å²) < 4.78 is 13.8. The first kappa shape index (κ1) is 27.7. The third kappa shape index (κ3) is 12.1.